The maximum Gasteiger partial charge on any atom is 0.338 e. The molecule has 7 heteroatoms. The highest BCUT2D eigenvalue weighted by Crippen LogP contribution is 2.47. The van der Waals surface area contributed by atoms with Gasteiger partial charge < -0.3 is 18.9 Å². The molecule has 7 nitrogen and oxygen atoms in total. The van der Waals surface area contributed by atoms with Gasteiger partial charge in [0.2, 0.25) is 0 Å². The van der Waals surface area contributed by atoms with Crippen molar-refractivity contribution in [2.75, 3.05) is 6.61 Å². The number of hydrogen-bond donors (Lipinski definition) is 0. The molecule has 1 saturated heterocycles. The number of benzene rings is 2. The van der Waals surface area contributed by atoms with Crippen molar-refractivity contribution < 1.29 is 33.3 Å². The molecule has 4 atom stereocenters. The smallest absolute Gasteiger partial charge is 0.338 e. The Hall–Kier alpha value is -3.45. The molecule has 0 amide bonds. The molecule has 0 bridgehead atoms. The highest BCUT2D eigenvalue weighted by Gasteiger charge is 2.67. The van der Waals surface area contributed by atoms with Gasteiger partial charge in [-0.25, -0.2) is 9.59 Å². The normalized spacial score (nSPS) is 26.2. The predicted molar refractivity (Wildman–Crippen MR) is 105 cm³/mol. The van der Waals surface area contributed by atoms with E-state index in [1.165, 1.54) is 6.92 Å². The SMILES string of the molecule is CC(=O)O[C@H]1[C@H](OC(=O)c2ccccc2)C=C[C@H]2O[C@]21COC(=O)c1ccccc1. The largest absolute Gasteiger partial charge is 0.459 e. The van der Waals surface area contributed by atoms with Crippen LogP contribution >= 0.6 is 0 Å². The second kappa shape index (κ2) is 8.12. The van der Waals surface area contributed by atoms with E-state index < -0.39 is 41.8 Å². The Morgan fingerprint density at radius 2 is 1.47 bits per heavy atom. The lowest BCUT2D eigenvalue weighted by Gasteiger charge is -2.31. The third-order valence-corrected chi connectivity index (χ3v) is 5.01. The van der Waals surface area contributed by atoms with Gasteiger partial charge in [-0.1, -0.05) is 42.5 Å². The summed E-state index contributed by atoms with van der Waals surface area (Å²) in [7, 11) is 0. The molecule has 0 spiro atoms. The summed E-state index contributed by atoms with van der Waals surface area (Å²) in [4.78, 5) is 36.6. The molecule has 1 heterocycles. The molecular weight excluding hydrogens is 388 g/mol. The van der Waals surface area contributed by atoms with Crippen molar-refractivity contribution in [3.63, 3.8) is 0 Å². The second-order valence-electron chi connectivity index (χ2n) is 7.09. The fraction of sp³-hybridized carbons (Fsp3) is 0.261. The third kappa shape index (κ3) is 3.97. The summed E-state index contributed by atoms with van der Waals surface area (Å²) in [6.45, 7) is 1.11. The van der Waals surface area contributed by atoms with Crippen LogP contribution in [0.3, 0.4) is 0 Å². The number of esters is 3. The van der Waals surface area contributed by atoms with Crippen LogP contribution in [0.2, 0.25) is 0 Å². The van der Waals surface area contributed by atoms with Gasteiger partial charge in [0, 0.05) is 6.92 Å². The Morgan fingerprint density at radius 3 is 2.07 bits per heavy atom. The van der Waals surface area contributed by atoms with Crippen molar-refractivity contribution >= 4 is 17.9 Å². The molecule has 0 saturated carbocycles. The summed E-state index contributed by atoms with van der Waals surface area (Å²) in [5, 5.41) is 0. The maximum atomic E-state index is 12.5. The van der Waals surface area contributed by atoms with Gasteiger partial charge in [-0.15, -0.1) is 0 Å². The Morgan fingerprint density at radius 1 is 0.867 bits per heavy atom. The van der Waals surface area contributed by atoms with Gasteiger partial charge >= 0.3 is 17.9 Å². The zero-order valence-electron chi connectivity index (χ0n) is 16.2. The van der Waals surface area contributed by atoms with Gasteiger partial charge in [0.1, 0.15) is 12.7 Å². The first-order valence-corrected chi connectivity index (χ1v) is 9.51. The number of fused-ring (bicyclic) bond motifs is 1. The minimum absolute atomic E-state index is 0.146. The summed E-state index contributed by atoms with van der Waals surface area (Å²) in [5.74, 6) is -1.63. The third-order valence-electron chi connectivity index (χ3n) is 5.01. The van der Waals surface area contributed by atoms with E-state index in [1.54, 1.807) is 72.8 Å². The summed E-state index contributed by atoms with van der Waals surface area (Å²) < 4.78 is 22.2. The van der Waals surface area contributed by atoms with E-state index in [0.29, 0.717) is 11.1 Å². The molecule has 1 aliphatic heterocycles. The Labute approximate surface area is 173 Å². The minimum Gasteiger partial charge on any atom is -0.459 e. The fourth-order valence-corrected chi connectivity index (χ4v) is 3.47. The Kier molecular flexibility index (Phi) is 5.37. The molecule has 2 aromatic carbocycles. The van der Waals surface area contributed by atoms with E-state index in [-0.39, 0.29) is 6.61 Å². The quantitative estimate of drug-likeness (QED) is 0.314. The zero-order valence-corrected chi connectivity index (χ0v) is 16.2. The first kappa shape index (κ1) is 19.8. The number of ether oxygens (including phenoxy) is 4. The lowest BCUT2D eigenvalue weighted by Crippen LogP contribution is -2.50. The Bertz CT molecular complexity index is 970. The van der Waals surface area contributed by atoms with E-state index in [9.17, 15) is 14.4 Å². The summed E-state index contributed by atoms with van der Waals surface area (Å²) >= 11 is 0. The molecular formula is C23H20O7. The van der Waals surface area contributed by atoms with Crippen molar-refractivity contribution in [1.82, 2.24) is 0 Å². The van der Waals surface area contributed by atoms with Gasteiger partial charge in [-0.3, -0.25) is 4.79 Å². The van der Waals surface area contributed by atoms with Crippen LogP contribution in [-0.2, 0) is 23.7 Å². The number of carbonyl (C=O) groups is 3. The first-order chi connectivity index (χ1) is 14.5. The number of hydrogen-bond acceptors (Lipinski definition) is 7. The molecule has 2 aromatic rings. The van der Waals surface area contributed by atoms with Gasteiger partial charge in [0.15, 0.2) is 17.8 Å². The summed E-state index contributed by atoms with van der Waals surface area (Å²) in [5.41, 5.74) is -0.323. The van der Waals surface area contributed by atoms with Crippen LogP contribution in [0.4, 0.5) is 0 Å². The summed E-state index contributed by atoms with van der Waals surface area (Å²) in [6, 6.07) is 17.0. The second-order valence-corrected chi connectivity index (χ2v) is 7.09. The van der Waals surface area contributed by atoms with E-state index in [1.807, 2.05) is 0 Å². The lowest BCUT2D eigenvalue weighted by atomic mass is 9.89. The van der Waals surface area contributed by atoms with Crippen LogP contribution in [0, 0.1) is 0 Å². The zero-order chi connectivity index (χ0) is 21.1. The lowest BCUT2D eigenvalue weighted by molar-refractivity contribution is -0.158. The highest BCUT2D eigenvalue weighted by atomic mass is 16.7. The molecule has 4 rings (SSSR count). The van der Waals surface area contributed by atoms with Crippen LogP contribution < -0.4 is 0 Å². The maximum absolute atomic E-state index is 12.5. The van der Waals surface area contributed by atoms with Gasteiger partial charge in [-0.05, 0) is 30.3 Å². The van der Waals surface area contributed by atoms with E-state index in [2.05, 4.69) is 0 Å². The first-order valence-electron chi connectivity index (χ1n) is 9.51. The standard InChI is InChI=1S/C23H20O7/c1-15(24)28-20-18(29-22(26)17-10-6-3-7-11-17)12-13-19-23(20,30-19)14-27-21(25)16-8-4-2-5-9-16/h2-13,18-20H,14H2,1H3/t18-,19-,20+,23-/m1/s1. The average molecular weight is 408 g/mol. The van der Waals surface area contributed by atoms with Gasteiger partial charge in [-0.2, -0.15) is 0 Å². The van der Waals surface area contributed by atoms with Crippen LogP contribution in [0.15, 0.2) is 72.8 Å². The molecule has 1 fully saturated rings. The number of epoxide rings is 1. The van der Waals surface area contributed by atoms with Crippen molar-refractivity contribution in [1.29, 1.82) is 0 Å². The Balaban J connectivity index is 1.50. The minimum atomic E-state index is -1.09. The van der Waals surface area contributed by atoms with E-state index >= 15 is 0 Å². The topological polar surface area (TPSA) is 91.4 Å². The molecule has 0 radical (unpaired) electrons. The van der Waals surface area contributed by atoms with Crippen LogP contribution in [-0.4, -0.2) is 48.4 Å². The van der Waals surface area contributed by atoms with E-state index in [4.69, 9.17) is 18.9 Å². The average Bonchev–Trinajstić information content (AvgIpc) is 3.50. The van der Waals surface area contributed by atoms with Crippen molar-refractivity contribution in [3.8, 4) is 0 Å². The molecule has 1 aliphatic carbocycles. The molecule has 154 valence electrons. The van der Waals surface area contributed by atoms with E-state index in [0.717, 1.165) is 0 Å². The van der Waals surface area contributed by atoms with Gasteiger partial charge in [0.05, 0.1) is 11.1 Å². The van der Waals surface area contributed by atoms with Crippen LogP contribution in [0.1, 0.15) is 27.6 Å². The van der Waals surface area contributed by atoms with Gasteiger partial charge in [0.25, 0.3) is 0 Å². The monoisotopic (exact) mass is 408 g/mol. The number of carbonyl (C=O) groups excluding carboxylic acids is 3. The predicted octanol–water partition coefficient (Wildman–Crippen LogP) is 2.71. The van der Waals surface area contributed by atoms with Crippen LogP contribution in [0.5, 0.6) is 0 Å². The van der Waals surface area contributed by atoms with Crippen molar-refractivity contribution in [2.45, 2.75) is 30.8 Å². The summed E-state index contributed by atoms with van der Waals surface area (Å²) in [6.07, 6.45) is 1.12. The number of rotatable bonds is 6. The fourth-order valence-electron chi connectivity index (χ4n) is 3.47. The molecule has 2 aliphatic rings. The molecule has 0 N–H and O–H groups in total. The van der Waals surface area contributed by atoms with Crippen molar-refractivity contribution in [2.24, 2.45) is 0 Å². The highest BCUT2D eigenvalue weighted by molar-refractivity contribution is 5.90. The molecule has 0 unspecified atom stereocenters. The van der Waals surface area contributed by atoms with Crippen molar-refractivity contribution in [3.05, 3.63) is 83.9 Å². The molecule has 0 aromatic heterocycles. The van der Waals surface area contributed by atoms with Crippen LogP contribution in [0.25, 0.3) is 0 Å². The molecule has 30 heavy (non-hydrogen) atoms.